The third-order valence-electron chi connectivity index (χ3n) is 5.35. The van der Waals surface area contributed by atoms with Crippen molar-refractivity contribution in [3.63, 3.8) is 0 Å². The topological polar surface area (TPSA) is 67.8 Å². The molecular formula is C25H28N4O3. The van der Waals surface area contributed by atoms with Gasteiger partial charge in [-0.1, -0.05) is 30.3 Å². The monoisotopic (exact) mass is 432 g/mol. The fourth-order valence-corrected chi connectivity index (χ4v) is 3.76. The molecule has 2 aromatic carbocycles. The number of benzene rings is 2. The number of nitrogens with zero attached hydrogens (tertiary/aromatic N) is 4. The first-order valence-electron chi connectivity index (χ1n) is 11.0. The number of hydrogen-bond acceptors (Lipinski definition) is 6. The number of amides is 1. The minimum atomic E-state index is 0.00122. The third-order valence-corrected chi connectivity index (χ3v) is 5.35. The van der Waals surface area contributed by atoms with Crippen molar-refractivity contribution in [1.82, 2.24) is 14.9 Å². The Hall–Kier alpha value is -3.61. The van der Waals surface area contributed by atoms with Gasteiger partial charge in [0, 0.05) is 43.5 Å². The zero-order chi connectivity index (χ0) is 22.3. The lowest BCUT2D eigenvalue weighted by atomic mass is 10.1. The van der Waals surface area contributed by atoms with Gasteiger partial charge in [-0.15, -0.1) is 0 Å². The van der Waals surface area contributed by atoms with Crippen LogP contribution in [0.1, 0.15) is 24.2 Å². The molecule has 7 nitrogen and oxygen atoms in total. The molecule has 0 N–H and O–H groups in total. The fraction of sp³-hybridized carbons (Fsp3) is 0.320. The summed E-state index contributed by atoms with van der Waals surface area (Å²) in [6.45, 7) is 7.58. The van der Waals surface area contributed by atoms with Crippen LogP contribution in [-0.2, 0) is 0 Å². The largest absolute Gasteiger partial charge is 0.490 e. The van der Waals surface area contributed by atoms with Gasteiger partial charge < -0.3 is 19.3 Å². The van der Waals surface area contributed by atoms with Gasteiger partial charge in [-0.2, -0.15) is 0 Å². The summed E-state index contributed by atoms with van der Waals surface area (Å²) in [5, 5.41) is 0. The van der Waals surface area contributed by atoms with Crippen molar-refractivity contribution in [1.29, 1.82) is 0 Å². The smallest absolute Gasteiger partial charge is 0.254 e. The molecule has 1 aromatic heterocycles. The van der Waals surface area contributed by atoms with Crippen molar-refractivity contribution in [2.24, 2.45) is 0 Å². The van der Waals surface area contributed by atoms with Crippen LogP contribution in [0.4, 0.5) is 5.82 Å². The highest BCUT2D eigenvalue weighted by Crippen LogP contribution is 2.29. The Morgan fingerprint density at radius 3 is 2.34 bits per heavy atom. The lowest BCUT2D eigenvalue weighted by Crippen LogP contribution is -2.49. The molecule has 0 saturated carbocycles. The van der Waals surface area contributed by atoms with Crippen molar-refractivity contribution in [3.8, 4) is 22.9 Å². The summed E-state index contributed by atoms with van der Waals surface area (Å²) in [5.41, 5.74) is 1.60. The number of anilines is 1. The Balaban J connectivity index is 1.43. The summed E-state index contributed by atoms with van der Waals surface area (Å²) >= 11 is 0. The molecule has 0 aliphatic carbocycles. The third kappa shape index (κ3) is 4.82. The first kappa shape index (κ1) is 21.6. The van der Waals surface area contributed by atoms with E-state index in [-0.39, 0.29) is 5.91 Å². The van der Waals surface area contributed by atoms with E-state index < -0.39 is 0 Å². The molecule has 2 heterocycles. The van der Waals surface area contributed by atoms with Crippen molar-refractivity contribution in [3.05, 3.63) is 66.4 Å². The fourth-order valence-electron chi connectivity index (χ4n) is 3.76. The highest BCUT2D eigenvalue weighted by atomic mass is 16.5. The number of piperazine rings is 1. The van der Waals surface area contributed by atoms with Gasteiger partial charge >= 0.3 is 0 Å². The number of aromatic nitrogens is 2. The number of carbonyl (C=O) groups excluding carboxylic acids is 1. The second-order valence-electron chi connectivity index (χ2n) is 7.41. The van der Waals surface area contributed by atoms with Crippen LogP contribution in [-0.4, -0.2) is 60.2 Å². The Morgan fingerprint density at radius 2 is 1.62 bits per heavy atom. The molecule has 32 heavy (non-hydrogen) atoms. The molecule has 1 amide bonds. The first-order valence-corrected chi connectivity index (χ1v) is 11.0. The molecule has 166 valence electrons. The molecule has 0 bridgehead atoms. The van der Waals surface area contributed by atoms with Crippen LogP contribution in [0.3, 0.4) is 0 Å². The van der Waals surface area contributed by atoms with Crippen molar-refractivity contribution in [2.75, 3.05) is 44.3 Å². The van der Waals surface area contributed by atoms with E-state index in [1.807, 2.05) is 61.2 Å². The normalized spacial score (nSPS) is 13.7. The molecule has 7 heteroatoms. The van der Waals surface area contributed by atoms with E-state index in [9.17, 15) is 4.79 Å². The highest BCUT2D eigenvalue weighted by molar-refractivity contribution is 5.95. The SMILES string of the molecule is CCOc1ccc(C(=O)N2CCN(c3ccnc(-c4ccccc4)n3)CC2)cc1OCC. The van der Waals surface area contributed by atoms with E-state index in [0.29, 0.717) is 62.3 Å². The zero-order valence-corrected chi connectivity index (χ0v) is 18.5. The highest BCUT2D eigenvalue weighted by Gasteiger charge is 2.24. The van der Waals surface area contributed by atoms with Gasteiger partial charge in [0.15, 0.2) is 17.3 Å². The Bertz CT molecular complexity index is 1050. The van der Waals surface area contributed by atoms with Gasteiger partial charge in [0.1, 0.15) is 5.82 Å². The predicted octanol–water partition coefficient (Wildman–Crippen LogP) is 3.90. The maximum absolute atomic E-state index is 13.1. The number of hydrogen-bond donors (Lipinski definition) is 0. The van der Waals surface area contributed by atoms with E-state index in [1.165, 1.54) is 0 Å². The van der Waals surface area contributed by atoms with Crippen LogP contribution < -0.4 is 14.4 Å². The number of ether oxygens (including phenoxy) is 2. The van der Waals surface area contributed by atoms with Crippen LogP contribution in [0.2, 0.25) is 0 Å². The quantitative estimate of drug-likeness (QED) is 0.564. The van der Waals surface area contributed by atoms with E-state index >= 15 is 0 Å². The van der Waals surface area contributed by atoms with E-state index in [0.717, 1.165) is 11.4 Å². The second-order valence-corrected chi connectivity index (χ2v) is 7.41. The summed E-state index contributed by atoms with van der Waals surface area (Å²) in [4.78, 5) is 26.3. The second kappa shape index (κ2) is 10.1. The average Bonchev–Trinajstić information content (AvgIpc) is 2.86. The maximum atomic E-state index is 13.1. The van der Waals surface area contributed by atoms with E-state index in [2.05, 4.69) is 9.88 Å². The average molecular weight is 433 g/mol. The summed E-state index contributed by atoms with van der Waals surface area (Å²) < 4.78 is 11.3. The molecule has 1 aliphatic heterocycles. The molecule has 4 rings (SSSR count). The van der Waals surface area contributed by atoms with Crippen LogP contribution >= 0.6 is 0 Å². The van der Waals surface area contributed by atoms with Gasteiger partial charge in [0.25, 0.3) is 5.91 Å². The molecule has 1 aliphatic rings. The van der Waals surface area contributed by atoms with E-state index in [1.54, 1.807) is 18.3 Å². The molecule has 0 radical (unpaired) electrons. The zero-order valence-electron chi connectivity index (χ0n) is 18.5. The Labute approximate surface area is 188 Å². The number of rotatable bonds is 7. The Morgan fingerprint density at radius 1 is 0.906 bits per heavy atom. The molecule has 1 saturated heterocycles. The lowest BCUT2D eigenvalue weighted by Gasteiger charge is -2.35. The maximum Gasteiger partial charge on any atom is 0.254 e. The molecule has 0 atom stereocenters. The van der Waals surface area contributed by atoms with Gasteiger partial charge in [0.05, 0.1) is 13.2 Å². The summed E-state index contributed by atoms with van der Waals surface area (Å²) in [5.74, 6) is 2.85. The standard InChI is InChI=1S/C25H28N4O3/c1-3-31-21-11-10-20(18-22(21)32-4-2)25(30)29-16-14-28(15-17-29)23-12-13-26-24(27-23)19-8-6-5-7-9-19/h5-13,18H,3-4,14-17H2,1-2H3. The van der Waals surface area contributed by atoms with Crippen LogP contribution in [0.25, 0.3) is 11.4 Å². The summed E-state index contributed by atoms with van der Waals surface area (Å²) in [6.07, 6.45) is 1.79. The minimum Gasteiger partial charge on any atom is -0.490 e. The Kier molecular flexibility index (Phi) is 6.84. The molecular weight excluding hydrogens is 404 g/mol. The van der Waals surface area contributed by atoms with Gasteiger partial charge in [-0.25, -0.2) is 9.97 Å². The van der Waals surface area contributed by atoms with Crippen molar-refractivity contribution in [2.45, 2.75) is 13.8 Å². The summed E-state index contributed by atoms with van der Waals surface area (Å²) in [7, 11) is 0. The molecule has 3 aromatic rings. The van der Waals surface area contributed by atoms with Gasteiger partial charge in [-0.3, -0.25) is 4.79 Å². The molecule has 1 fully saturated rings. The number of carbonyl (C=O) groups is 1. The van der Waals surface area contributed by atoms with E-state index in [4.69, 9.17) is 14.5 Å². The molecule has 0 unspecified atom stereocenters. The van der Waals surface area contributed by atoms with Crippen LogP contribution in [0.15, 0.2) is 60.8 Å². The van der Waals surface area contributed by atoms with Gasteiger partial charge in [-0.05, 0) is 38.1 Å². The van der Waals surface area contributed by atoms with Crippen molar-refractivity contribution < 1.29 is 14.3 Å². The molecule has 0 spiro atoms. The van der Waals surface area contributed by atoms with Crippen molar-refractivity contribution >= 4 is 11.7 Å². The lowest BCUT2D eigenvalue weighted by molar-refractivity contribution is 0.0746. The first-order chi connectivity index (χ1) is 15.7. The predicted molar refractivity (Wildman–Crippen MR) is 124 cm³/mol. The minimum absolute atomic E-state index is 0.00122. The van der Waals surface area contributed by atoms with Gasteiger partial charge in [0.2, 0.25) is 0 Å². The van der Waals surface area contributed by atoms with Crippen LogP contribution in [0.5, 0.6) is 11.5 Å². The van der Waals surface area contributed by atoms with Crippen LogP contribution in [0, 0.1) is 0 Å². The summed E-state index contributed by atoms with van der Waals surface area (Å²) in [6, 6.07) is 17.3.